The van der Waals surface area contributed by atoms with Crippen molar-refractivity contribution in [1.82, 2.24) is 9.88 Å². The fourth-order valence-corrected chi connectivity index (χ4v) is 5.00. The van der Waals surface area contributed by atoms with E-state index in [0.717, 1.165) is 45.4 Å². The van der Waals surface area contributed by atoms with Crippen LogP contribution in [-0.2, 0) is 24.1 Å². The van der Waals surface area contributed by atoms with Crippen LogP contribution in [0.4, 0.5) is 17.6 Å². The molecule has 43 heavy (non-hydrogen) atoms. The molecule has 9 heteroatoms. The molecule has 0 bridgehead atoms. The van der Waals surface area contributed by atoms with Gasteiger partial charge in [-0.3, -0.25) is 4.79 Å². The van der Waals surface area contributed by atoms with Gasteiger partial charge in [0.05, 0.1) is 11.1 Å². The second kappa shape index (κ2) is 12.5. The average molecular weight is 591 g/mol. The number of halogens is 4. The summed E-state index contributed by atoms with van der Waals surface area (Å²) in [6.45, 7) is 9.72. The standard InChI is InChI=1S/C34H30F4N2O3/c1-5-7-27(26(6-2)33(42)43)24-11-8-22(9-12-24)19-40-21(4)20(3)28-17-25(13-15-31(28)40)32(41)39-18-23-10-14-29(30(35)16-23)34(36,37)38/h5-17H,1,18-19H2,2-4H3,(H,39,41)(H,42,43)/b26-6+,27-7-. The molecule has 1 heterocycles. The van der Waals surface area contributed by atoms with Gasteiger partial charge in [0.15, 0.2) is 0 Å². The summed E-state index contributed by atoms with van der Waals surface area (Å²) in [7, 11) is 0. The van der Waals surface area contributed by atoms with E-state index in [4.69, 9.17) is 0 Å². The molecule has 0 aliphatic rings. The van der Waals surface area contributed by atoms with Crippen molar-refractivity contribution in [3.05, 3.63) is 136 Å². The zero-order valence-corrected chi connectivity index (χ0v) is 23.8. The van der Waals surface area contributed by atoms with Crippen LogP contribution in [0.2, 0.25) is 0 Å². The minimum absolute atomic E-state index is 0.132. The number of aryl methyl sites for hydroxylation is 1. The quantitative estimate of drug-likeness (QED) is 0.118. The van der Waals surface area contributed by atoms with Crippen LogP contribution in [0.25, 0.3) is 16.5 Å². The molecule has 4 aromatic rings. The molecule has 3 aromatic carbocycles. The van der Waals surface area contributed by atoms with Gasteiger partial charge in [0.25, 0.3) is 5.91 Å². The van der Waals surface area contributed by atoms with Gasteiger partial charge >= 0.3 is 12.1 Å². The molecule has 2 N–H and O–H groups in total. The summed E-state index contributed by atoms with van der Waals surface area (Å²) in [5.41, 5.74) is 4.61. The topological polar surface area (TPSA) is 71.3 Å². The van der Waals surface area contributed by atoms with E-state index in [9.17, 15) is 32.3 Å². The number of carboxylic acids is 1. The number of carbonyl (C=O) groups excluding carboxylic acids is 1. The maximum atomic E-state index is 13.9. The first-order valence-electron chi connectivity index (χ1n) is 13.4. The summed E-state index contributed by atoms with van der Waals surface area (Å²) in [6.07, 6.45) is -0.0216. The van der Waals surface area contributed by atoms with Crippen molar-refractivity contribution in [3.63, 3.8) is 0 Å². The van der Waals surface area contributed by atoms with Crippen LogP contribution in [0.15, 0.2) is 91.0 Å². The van der Waals surface area contributed by atoms with Gasteiger partial charge in [-0.05, 0) is 78.9 Å². The van der Waals surface area contributed by atoms with Crippen molar-refractivity contribution in [2.45, 2.75) is 40.0 Å². The van der Waals surface area contributed by atoms with E-state index in [-0.39, 0.29) is 17.7 Å². The Balaban J connectivity index is 1.54. The first-order valence-corrected chi connectivity index (χ1v) is 13.4. The Hall–Kier alpha value is -4.92. The molecule has 0 aliphatic carbocycles. The molecule has 0 spiro atoms. The highest BCUT2D eigenvalue weighted by molar-refractivity contribution is 6.05. The second-order valence-corrected chi connectivity index (χ2v) is 10.0. The summed E-state index contributed by atoms with van der Waals surface area (Å²) in [6, 6.07) is 15.5. The Morgan fingerprint density at radius 3 is 2.21 bits per heavy atom. The van der Waals surface area contributed by atoms with Crippen molar-refractivity contribution < 1.29 is 32.3 Å². The molecule has 0 aliphatic heterocycles. The van der Waals surface area contributed by atoms with Crippen LogP contribution in [0, 0.1) is 19.7 Å². The highest BCUT2D eigenvalue weighted by Gasteiger charge is 2.33. The number of aromatic nitrogens is 1. The van der Waals surface area contributed by atoms with Gasteiger partial charge < -0.3 is 15.0 Å². The van der Waals surface area contributed by atoms with Crippen molar-refractivity contribution in [2.75, 3.05) is 0 Å². The Labute approximate surface area is 246 Å². The molecule has 1 aromatic heterocycles. The molecular formula is C34H30F4N2O3. The molecule has 5 nitrogen and oxygen atoms in total. The van der Waals surface area contributed by atoms with Crippen LogP contribution >= 0.6 is 0 Å². The highest BCUT2D eigenvalue weighted by Crippen LogP contribution is 2.32. The van der Waals surface area contributed by atoms with E-state index in [2.05, 4.69) is 16.5 Å². The maximum absolute atomic E-state index is 13.9. The number of benzene rings is 3. The number of fused-ring (bicyclic) bond motifs is 1. The van der Waals surface area contributed by atoms with E-state index in [1.807, 2.05) is 44.2 Å². The van der Waals surface area contributed by atoms with E-state index in [1.165, 1.54) is 0 Å². The number of carboxylic acid groups (broad SMARTS) is 1. The van der Waals surface area contributed by atoms with Gasteiger partial charge in [-0.15, -0.1) is 0 Å². The lowest BCUT2D eigenvalue weighted by Crippen LogP contribution is -2.23. The van der Waals surface area contributed by atoms with Crippen molar-refractivity contribution in [2.24, 2.45) is 0 Å². The third-order valence-corrected chi connectivity index (χ3v) is 7.39. The Morgan fingerprint density at radius 1 is 0.977 bits per heavy atom. The lowest BCUT2D eigenvalue weighted by Gasteiger charge is -2.12. The molecule has 1 amide bonds. The minimum atomic E-state index is -4.79. The molecule has 0 unspecified atom stereocenters. The zero-order valence-electron chi connectivity index (χ0n) is 23.8. The van der Waals surface area contributed by atoms with Crippen LogP contribution in [0.5, 0.6) is 0 Å². The highest BCUT2D eigenvalue weighted by atomic mass is 19.4. The van der Waals surface area contributed by atoms with Crippen molar-refractivity contribution >= 4 is 28.4 Å². The number of alkyl halides is 3. The van der Waals surface area contributed by atoms with Crippen molar-refractivity contribution in [3.8, 4) is 0 Å². The number of aliphatic carboxylic acids is 1. The fraction of sp³-hybridized carbons (Fsp3) is 0.176. The van der Waals surface area contributed by atoms with Crippen molar-refractivity contribution in [1.29, 1.82) is 0 Å². The summed E-state index contributed by atoms with van der Waals surface area (Å²) >= 11 is 0. The number of carbonyl (C=O) groups is 2. The van der Waals surface area contributed by atoms with E-state index >= 15 is 0 Å². The zero-order chi connectivity index (χ0) is 31.5. The summed E-state index contributed by atoms with van der Waals surface area (Å²) in [4.78, 5) is 24.6. The lowest BCUT2D eigenvalue weighted by atomic mass is 9.96. The number of nitrogens with zero attached hydrogens (tertiary/aromatic N) is 1. The lowest BCUT2D eigenvalue weighted by molar-refractivity contribution is -0.140. The smallest absolute Gasteiger partial charge is 0.419 e. The second-order valence-electron chi connectivity index (χ2n) is 10.0. The average Bonchev–Trinajstić information content (AvgIpc) is 3.19. The molecule has 0 atom stereocenters. The van der Waals surface area contributed by atoms with Crippen LogP contribution < -0.4 is 5.32 Å². The van der Waals surface area contributed by atoms with Crippen LogP contribution in [-0.4, -0.2) is 21.6 Å². The Bertz CT molecular complexity index is 1780. The molecule has 0 fully saturated rings. The third-order valence-electron chi connectivity index (χ3n) is 7.39. The Kier molecular flexibility index (Phi) is 9.04. The fourth-order valence-electron chi connectivity index (χ4n) is 5.00. The van der Waals surface area contributed by atoms with E-state index < -0.39 is 29.4 Å². The van der Waals surface area contributed by atoms with Gasteiger partial charge in [-0.25, -0.2) is 9.18 Å². The predicted molar refractivity (Wildman–Crippen MR) is 159 cm³/mol. The molecule has 0 radical (unpaired) electrons. The van der Waals surface area contributed by atoms with Gasteiger partial charge in [-0.2, -0.15) is 13.2 Å². The Morgan fingerprint density at radius 2 is 1.63 bits per heavy atom. The molecular weight excluding hydrogens is 560 g/mol. The molecule has 222 valence electrons. The SMILES string of the molecule is C=C/C=C(\C(=C/C)C(=O)O)c1ccc(Cn2c(C)c(C)c3cc(C(=O)NCc4ccc(C(F)(F)F)c(F)c4)ccc32)cc1. The van der Waals surface area contributed by atoms with E-state index in [1.54, 1.807) is 37.3 Å². The normalized spacial score (nSPS) is 12.4. The number of nitrogens with one attached hydrogen (secondary N) is 1. The number of hydrogen-bond donors (Lipinski definition) is 2. The summed E-state index contributed by atoms with van der Waals surface area (Å²) < 4.78 is 54.5. The van der Waals surface area contributed by atoms with Gasteiger partial charge in [0, 0.05) is 35.2 Å². The van der Waals surface area contributed by atoms with Gasteiger partial charge in [-0.1, -0.05) is 55.1 Å². The first kappa shape index (κ1) is 31.0. The van der Waals surface area contributed by atoms with Gasteiger partial charge in [0.1, 0.15) is 5.82 Å². The molecule has 0 saturated heterocycles. The largest absolute Gasteiger partial charge is 0.478 e. The summed E-state index contributed by atoms with van der Waals surface area (Å²) in [5, 5.41) is 13.1. The van der Waals surface area contributed by atoms with Crippen LogP contribution in [0.1, 0.15) is 50.8 Å². The number of amides is 1. The molecule has 4 rings (SSSR count). The maximum Gasteiger partial charge on any atom is 0.419 e. The first-order chi connectivity index (χ1) is 20.3. The van der Waals surface area contributed by atoms with Crippen LogP contribution in [0.3, 0.4) is 0 Å². The summed E-state index contributed by atoms with van der Waals surface area (Å²) in [5.74, 6) is -2.85. The minimum Gasteiger partial charge on any atom is -0.478 e. The molecule has 0 saturated carbocycles. The predicted octanol–water partition coefficient (Wildman–Crippen LogP) is 7.99. The van der Waals surface area contributed by atoms with E-state index in [0.29, 0.717) is 23.7 Å². The third kappa shape index (κ3) is 6.61. The monoisotopic (exact) mass is 590 g/mol. The number of hydrogen-bond acceptors (Lipinski definition) is 2. The number of allylic oxidation sites excluding steroid dienone is 3. The number of rotatable bonds is 9. The van der Waals surface area contributed by atoms with Gasteiger partial charge in [0.2, 0.25) is 0 Å².